The number of nitrogens with zero attached hydrogens (tertiary/aromatic N) is 6. The molecule has 16 heteroatoms. The van der Waals surface area contributed by atoms with Crippen molar-refractivity contribution in [3.8, 4) is 5.75 Å². The van der Waals surface area contributed by atoms with Crippen molar-refractivity contribution in [3.05, 3.63) is 82.8 Å². The minimum absolute atomic E-state index is 0.0188. The third-order valence-corrected chi connectivity index (χ3v) is 13.2. The number of hydrogen-bond donors (Lipinski definition) is 3. The molecular weight excluding hydrogens is 790 g/mol. The first-order valence-corrected chi connectivity index (χ1v) is 21.5. The molecule has 4 aliphatic rings. The number of piperidine rings is 1. The lowest BCUT2D eigenvalue weighted by atomic mass is 9.86. The SMILES string of the molecule is Cc1ccc(C(=O)N2CCC(CCCN3CCN(c4ccc5cn([C@H]6CC[C@H](CNC(=O)c7cc(F)c(O)c(F)c7F)CC6)nc5c4)CC3)CC2)cc1N1CCC(=O)NC1=O. The van der Waals surface area contributed by atoms with Gasteiger partial charge in [-0.1, -0.05) is 6.07 Å². The van der Waals surface area contributed by atoms with Crippen LogP contribution in [0.25, 0.3) is 10.9 Å². The molecule has 0 unspecified atom stereocenters. The highest BCUT2D eigenvalue weighted by atomic mass is 19.2. The fraction of sp³-hybridized carbons (Fsp3) is 0.489. The predicted octanol–water partition coefficient (Wildman–Crippen LogP) is 6.53. The number of urea groups is 1. The number of amides is 5. The number of phenols is 1. The third-order valence-electron chi connectivity index (χ3n) is 13.2. The van der Waals surface area contributed by atoms with Crippen molar-refractivity contribution in [2.45, 2.75) is 70.8 Å². The molecule has 4 fully saturated rings. The van der Waals surface area contributed by atoms with E-state index in [1.807, 2.05) is 28.6 Å². The molecule has 1 saturated carbocycles. The largest absolute Gasteiger partial charge is 0.503 e. The summed E-state index contributed by atoms with van der Waals surface area (Å²) in [5.74, 6) is -6.68. The predicted molar refractivity (Wildman–Crippen MR) is 224 cm³/mol. The molecule has 3 saturated heterocycles. The number of imide groups is 1. The molecule has 0 bridgehead atoms. The molecular formula is C45H53F3N8O5. The maximum absolute atomic E-state index is 14.1. The minimum atomic E-state index is -1.78. The molecule has 324 valence electrons. The molecule has 1 aromatic heterocycles. The summed E-state index contributed by atoms with van der Waals surface area (Å²) in [6, 6.07) is 12.2. The number of halogens is 3. The second kappa shape index (κ2) is 18.1. The van der Waals surface area contributed by atoms with Crippen LogP contribution in [-0.2, 0) is 4.79 Å². The van der Waals surface area contributed by atoms with Crippen LogP contribution in [0.15, 0.2) is 48.7 Å². The number of nitrogens with one attached hydrogen (secondary N) is 2. The number of phenolic OH excluding ortho intramolecular Hbond substituents is 1. The zero-order chi connectivity index (χ0) is 42.8. The van der Waals surface area contributed by atoms with Gasteiger partial charge in [0.15, 0.2) is 17.4 Å². The van der Waals surface area contributed by atoms with Gasteiger partial charge < -0.3 is 20.2 Å². The Hall–Kier alpha value is -5.64. The number of benzene rings is 3. The summed E-state index contributed by atoms with van der Waals surface area (Å²) in [6.07, 6.45) is 9.87. The van der Waals surface area contributed by atoms with Gasteiger partial charge in [-0.25, -0.2) is 13.6 Å². The maximum Gasteiger partial charge on any atom is 0.328 e. The lowest BCUT2D eigenvalue weighted by Gasteiger charge is -2.36. The topological polar surface area (TPSA) is 143 Å². The summed E-state index contributed by atoms with van der Waals surface area (Å²) < 4.78 is 43.6. The Morgan fingerprint density at radius 1 is 0.869 bits per heavy atom. The fourth-order valence-corrected chi connectivity index (χ4v) is 9.37. The van der Waals surface area contributed by atoms with Crippen molar-refractivity contribution >= 4 is 46.0 Å². The van der Waals surface area contributed by atoms with Gasteiger partial charge in [0, 0.05) is 87.3 Å². The monoisotopic (exact) mass is 842 g/mol. The molecule has 0 spiro atoms. The second-order valence-electron chi connectivity index (χ2n) is 17.1. The smallest absolute Gasteiger partial charge is 0.328 e. The van der Waals surface area contributed by atoms with Crippen molar-refractivity contribution in [2.75, 3.05) is 68.7 Å². The molecule has 13 nitrogen and oxygen atoms in total. The molecule has 3 aliphatic heterocycles. The number of aryl methyl sites for hydroxylation is 1. The van der Waals surface area contributed by atoms with Gasteiger partial charge in [-0.2, -0.15) is 9.49 Å². The number of carbonyl (C=O) groups is 4. The van der Waals surface area contributed by atoms with E-state index in [4.69, 9.17) is 5.10 Å². The molecule has 0 radical (unpaired) electrons. The Bertz CT molecular complexity index is 2300. The summed E-state index contributed by atoms with van der Waals surface area (Å²) in [4.78, 5) is 58.5. The van der Waals surface area contributed by atoms with Crippen molar-refractivity contribution in [1.82, 2.24) is 30.2 Å². The third kappa shape index (κ3) is 9.33. The average molecular weight is 843 g/mol. The Morgan fingerprint density at radius 2 is 1.62 bits per heavy atom. The van der Waals surface area contributed by atoms with Gasteiger partial charge in [0.05, 0.1) is 17.1 Å². The standard InChI is InChI=1S/C45H53F3N8O5/c1-28-4-7-31(23-38(28)55-18-14-39(57)50-45(55)61)44(60)54-16-12-29(13-17-54)3-2-15-52-19-21-53(22-20-52)34-11-8-32-27-56(51-37(32)24-34)33-9-5-30(6-10-33)26-49-43(59)35-25-36(46)42(58)41(48)40(35)47/h4,7-8,11,23-25,27,29-30,33,58H,2-3,5-6,9-10,12-22,26H2,1H3,(H,49,59)(H,50,57,61)/t30-,33-. The van der Waals surface area contributed by atoms with E-state index in [0.29, 0.717) is 29.8 Å². The average Bonchev–Trinajstić information content (AvgIpc) is 3.71. The number of likely N-dealkylation sites (tertiary alicyclic amines) is 1. The number of rotatable bonds is 11. The number of piperazine rings is 1. The van der Waals surface area contributed by atoms with Gasteiger partial charge in [0.2, 0.25) is 11.7 Å². The van der Waals surface area contributed by atoms with Crippen LogP contribution in [0.3, 0.4) is 0 Å². The van der Waals surface area contributed by atoms with Gasteiger partial charge in [-0.3, -0.25) is 34.2 Å². The maximum atomic E-state index is 14.1. The fourth-order valence-electron chi connectivity index (χ4n) is 9.37. The van der Waals surface area contributed by atoms with E-state index >= 15 is 0 Å². The first-order chi connectivity index (χ1) is 29.4. The van der Waals surface area contributed by atoms with Crippen molar-refractivity contribution in [1.29, 1.82) is 0 Å². The van der Waals surface area contributed by atoms with Crippen molar-refractivity contribution in [2.24, 2.45) is 11.8 Å². The first-order valence-electron chi connectivity index (χ1n) is 21.5. The summed E-state index contributed by atoms with van der Waals surface area (Å²) in [7, 11) is 0. The Morgan fingerprint density at radius 3 is 2.36 bits per heavy atom. The molecule has 3 aromatic carbocycles. The molecule has 0 atom stereocenters. The van der Waals surface area contributed by atoms with E-state index in [2.05, 4.69) is 44.8 Å². The van der Waals surface area contributed by atoms with Gasteiger partial charge in [0.25, 0.3) is 11.8 Å². The van der Waals surface area contributed by atoms with Crippen LogP contribution in [0.2, 0.25) is 0 Å². The highest BCUT2D eigenvalue weighted by Crippen LogP contribution is 2.34. The van der Waals surface area contributed by atoms with Crippen LogP contribution < -0.4 is 20.4 Å². The minimum Gasteiger partial charge on any atom is -0.503 e. The molecule has 4 aromatic rings. The second-order valence-corrected chi connectivity index (χ2v) is 17.1. The van der Waals surface area contributed by atoms with E-state index < -0.39 is 40.7 Å². The van der Waals surface area contributed by atoms with Crippen molar-refractivity contribution in [3.63, 3.8) is 0 Å². The van der Waals surface area contributed by atoms with Gasteiger partial charge in [-0.05, 0) is 119 Å². The molecule has 1 aliphatic carbocycles. The van der Waals surface area contributed by atoms with Gasteiger partial charge in [-0.15, -0.1) is 0 Å². The van der Waals surface area contributed by atoms with Gasteiger partial charge in [0.1, 0.15) is 0 Å². The lowest BCUT2D eigenvalue weighted by Crippen LogP contribution is -2.49. The number of hydrogen-bond acceptors (Lipinski definition) is 8. The molecule has 8 rings (SSSR count). The molecule has 61 heavy (non-hydrogen) atoms. The summed E-state index contributed by atoms with van der Waals surface area (Å²) >= 11 is 0. The highest BCUT2D eigenvalue weighted by Gasteiger charge is 2.30. The summed E-state index contributed by atoms with van der Waals surface area (Å²) in [5, 5.41) is 20.2. The normalized spacial score (nSPS) is 20.6. The highest BCUT2D eigenvalue weighted by molar-refractivity contribution is 6.06. The van der Waals surface area contributed by atoms with Crippen molar-refractivity contribution < 1.29 is 37.5 Å². The van der Waals surface area contributed by atoms with Crippen LogP contribution in [-0.4, -0.2) is 107 Å². The quantitative estimate of drug-likeness (QED) is 0.145. The van der Waals surface area contributed by atoms with Crippen LogP contribution >= 0.6 is 0 Å². The van der Waals surface area contributed by atoms with E-state index in [1.165, 1.54) is 10.6 Å². The zero-order valence-corrected chi connectivity index (χ0v) is 34.5. The lowest BCUT2D eigenvalue weighted by molar-refractivity contribution is -0.120. The van der Waals surface area contributed by atoms with Crippen LogP contribution in [0, 0.1) is 36.2 Å². The number of fused-ring (bicyclic) bond motifs is 1. The number of aromatic hydroxyl groups is 1. The Labute approximate surface area is 352 Å². The first kappa shape index (κ1) is 42.1. The van der Waals surface area contributed by atoms with E-state index in [1.54, 1.807) is 6.07 Å². The molecule has 4 heterocycles. The van der Waals surface area contributed by atoms with E-state index in [0.717, 1.165) is 114 Å². The Balaban J connectivity index is 0.742. The summed E-state index contributed by atoms with van der Waals surface area (Å²) in [5.41, 5.74) is 3.44. The molecule has 3 N–H and O–H groups in total. The van der Waals surface area contributed by atoms with Gasteiger partial charge >= 0.3 is 6.03 Å². The van der Waals surface area contributed by atoms with E-state index in [9.17, 15) is 37.5 Å². The number of anilines is 2. The Kier molecular flexibility index (Phi) is 12.5. The van der Waals surface area contributed by atoms with Crippen LogP contribution in [0.4, 0.5) is 29.3 Å². The van der Waals surface area contributed by atoms with Crippen LogP contribution in [0.5, 0.6) is 5.75 Å². The number of carbonyl (C=O) groups excluding carboxylic acids is 4. The zero-order valence-electron chi connectivity index (χ0n) is 34.5. The van der Waals surface area contributed by atoms with E-state index in [-0.39, 0.29) is 36.7 Å². The number of aromatic nitrogens is 2. The van der Waals surface area contributed by atoms with Crippen LogP contribution in [0.1, 0.15) is 90.1 Å². The molecule has 5 amide bonds. The summed E-state index contributed by atoms with van der Waals surface area (Å²) in [6.45, 7) is 8.82.